The number of benzene rings is 2. The van der Waals surface area contributed by atoms with Crippen LogP contribution in [0.1, 0.15) is 54.3 Å². The largest absolute Gasteiger partial charge is 0.434 e. The van der Waals surface area contributed by atoms with Crippen molar-refractivity contribution in [3.05, 3.63) is 74.3 Å². The van der Waals surface area contributed by atoms with Crippen molar-refractivity contribution in [2.75, 3.05) is 24.8 Å². The van der Waals surface area contributed by atoms with E-state index < -0.39 is 33.6 Å². The summed E-state index contributed by atoms with van der Waals surface area (Å²) in [5.41, 5.74) is 2.39. The number of H-pyrrole nitrogens is 1. The van der Waals surface area contributed by atoms with Crippen molar-refractivity contribution in [1.82, 2.24) is 14.5 Å². The van der Waals surface area contributed by atoms with Crippen molar-refractivity contribution in [2.24, 2.45) is 0 Å². The standard InChI is InChI=1S/C25H28ClFN4O5S/c1-14-4-6-19(27)22(15(14)2)16(3)23(24-28-29-25(32)36-24)31-13-30(18-8-10-35-11-9-18)20-12-17(26)5-7-21(20)37(31,33)34/h4-7,12,16,18,23H,8-11,13H2,1-3H3,(H,29,32)/t16-,23+/m1/s1. The number of aromatic nitrogens is 2. The van der Waals surface area contributed by atoms with Crippen LogP contribution < -0.4 is 10.7 Å². The topological polar surface area (TPSA) is 109 Å². The Balaban J connectivity index is 1.70. The minimum atomic E-state index is -4.13. The summed E-state index contributed by atoms with van der Waals surface area (Å²) in [4.78, 5) is 14.0. The molecule has 198 valence electrons. The lowest BCUT2D eigenvalue weighted by Crippen LogP contribution is -2.53. The van der Waals surface area contributed by atoms with E-state index in [1.807, 2.05) is 11.8 Å². The van der Waals surface area contributed by atoms with Gasteiger partial charge >= 0.3 is 5.76 Å². The first-order valence-electron chi connectivity index (χ1n) is 12.1. The smallest absolute Gasteiger partial charge is 0.391 e. The van der Waals surface area contributed by atoms with E-state index in [4.69, 9.17) is 20.8 Å². The zero-order valence-corrected chi connectivity index (χ0v) is 22.3. The Bertz CT molecular complexity index is 1480. The molecule has 0 radical (unpaired) electrons. The third-order valence-electron chi connectivity index (χ3n) is 7.42. The molecule has 2 aliphatic heterocycles. The molecule has 12 heteroatoms. The van der Waals surface area contributed by atoms with Gasteiger partial charge < -0.3 is 14.1 Å². The Morgan fingerprint density at radius 3 is 2.59 bits per heavy atom. The van der Waals surface area contributed by atoms with E-state index in [1.54, 1.807) is 26.0 Å². The van der Waals surface area contributed by atoms with E-state index in [9.17, 15) is 13.2 Å². The first-order chi connectivity index (χ1) is 17.6. The Morgan fingerprint density at radius 2 is 1.92 bits per heavy atom. The van der Waals surface area contributed by atoms with Crippen LogP contribution in [0.15, 0.2) is 44.4 Å². The number of fused-ring (bicyclic) bond motifs is 1. The van der Waals surface area contributed by atoms with Crippen molar-refractivity contribution in [1.29, 1.82) is 0 Å². The SMILES string of the molecule is Cc1ccc(F)c([C@@H](C)[C@@H](c2n[nH]c(=O)o2)N2CN(C3CCOCC3)c3cc(Cl)ccc3S2(=O)=O)c1C. The predicted octanol–water partition coefficient (Wildman–Crippen LogP) is 4.26. The van der Waals surface area contributed by atoms with Gasteiger partial charge in [-0.2, -0.15) is 4.31 Å². The second-order valence-electron chi connectivity index (χ2n) is 9.55. The number of anilines is 1. The molecular formula is C25H28ClFN4O5S. The molecule has 3 heterocycles. The van der Waals surface area contributed by atoms with Crippen molar-refractivity contribution in [3.63, 3.8) is 0 Å². The summed E-state index contributed by atoms with van der Waals surface area (Å²) in [5, 5.41) is 6.65. The molecule has 37 heavy (non-hydrogen) atoms. The molecule has 9 nitrogen and oxygen atoms in total. The van der Waals surface area contributed by atoms with Gasteiger partial charge in [0.2, 0.25) is 15.9 Å². The highest BCUT2D eigenvalue weighted by molar-refractivity contribution is 7.89. The number of aryl methyl sites for hydroxylation is 1. The van der Waals surface area contributed by atoms with Gasteiger partial charge in [-0.05, 0) is 67.6 Å². The van der Waals surface area contributed by atoms with E-state index in [0.717, 1.165) is 5.56 Å². The average Bonchev–Trinajstić information content (AvgIpc) is 3.29. The zero-order valence-electron chi connectivity index (χ0n) is 20.7. The van der Waals surface area contributed by atoms with E-state index in [1.165, 1.54) is 22.5 Å². The molecule has 3 aromatic rings. The fourth-order valence-electron chi connectivity index (χ4n) is 5.38. The molecule has 1 N–H and O–H groups in total. The second-order valence-corrected chi connectivity index (χ2v) is 11.8. The van der Waals surface area contributed by atoms with Gasteiger partial charge in [-0.3, -0.25) is 0 Å². The summed E-state index contributed by atoms with van der Waals surface area (Å²) >= 11 is 6.29. The fraction of sp³-hybridized carbons (Fsp3) is 0.440. The van der Waals surface area contributed by atoms with Crippen molar-refractivity contribution >= 4 is 27.3 Å². The summed E-state index contributed by atoms with van der Waals surface area (Å²) in [7, 11) is -4.13. The highest BCUT2D eigenvalue weighted by Gasteiger charge is 2.46. The summed E-state index contributed by atoms with van der Waals surface area (Å²) in [6.45, 7) is 6.41. The molecule has 1 aromatic heterocycles. The quantitative estimate of drug-likeness (QED) is 0.505. The molecule has 0 spiro atoms. The number of nitrogens with zero attached hydrogens (tertiary/aromatic N) is 3. The molecule has 0 saturated carbocycles. The Morgan fingerprint density at radius 1 is 1.19 bits per heavy atom. The van der Waals surface area contributed by atoms with Gasteiger partial charge in [0.15, 0.2) is 0 Å². The Kier molecular flexibility index (Phi) is 6.90. The molecule has 0 bridgehead atoms. The van der Waals surface area contributed by atoms with Gasteiger partial charge in [-0.1, -0.05) is 24.6 Å². The molecule has 5 rings (SSSR count). The normalized spacial score (nSPS) is 20.0. The number of hydrogen-bond acceptors (Lipinski definition) is 7. The molecule has 2 aliphatic rings. The minimum Gasteiger partial charge on any atom is -0.391 e. The molecule has 0 amide bonds. The van der Waals surface area contributed by atoms with Crippen LogP contribution in [0.5, 0.6) is 0 Å². The maximum absolute atomic E-state index is 15.2. The van der Waals surface area contributed by atoms with Crippen LogP contribution in [0.2, 0.25) is 5.02 Å². The molecule has 1 saturated heterocycles. The third kappa shape index (κ3) is 4.58. The number of ether oxygens (including phenoxy) is 1. The summed E-state index contributed by atoms with van der Waals surface area (Å²) < 4.78 is 55.6. The number of hydrogen-bond donors (Lipinski definition) is 1. The predicted molar refractivity (Wildman–Crippen MR) is 136 cm³/mol. The Labute approximate surface area is 219 Å². The Hall–Kier alpha value is -2.73. The maximum atomic E-state index is 15.2. The van der Waals surface area contributed by atoms with Gasteiger partial charge in [0.1, 0.15) is 16.8 Å². The van der Waals surface area contributed by atoms with Gasteiger partial charge in [0.25, 0.3) is 0 Å². The maximum Gasteiger partial charge on any atom is 0.434 e. The summed E-state index contributed by atoms with van der Waals surface area (Å²) in [6, 6.07) is 6.58. The van der Waals surface area contributed by atoms with Gasteiger partial charge in [0.05, 0.1) is 12.4 Å². The van der Waals surface area contributed by atoms with Crippen LogP contribution in [-0.4, -0.2) is 48.8 Å². The van der Waals surface area contributed by atoms with Gasteiger partial charge in [-0.25, -0.2) is 22.7 Å². The van der Waals surface area contributed by atoms with E-state index in [-0.39, 0.29) is 23.5 Å². The molecule has 2 atom stereocenters. The lowest BCUT2D eigenvalue weighted by atomic mass is 9.87. The minimum absolute atomic E-state index is 0.0106. The lowest BCUT2D eigenvalue weighted by molar-refractivity contribution is 0.0811. The van der Waals surface area contributed by atoms with Crippen LogP contribution >= 0.6 is 11.6 Å². The highest BCUT2D eigenvalue weighted by Crippen LogP contribution is 2.45. The molecule has 0 unspecified atom stereocenters. The number of aromatic amines is 1. The van der Waals surface area contributed by atoms with Gasteiger partial charge in [0, 0.05) is 30.2 Å². The molecule has 1 fully saturated rings. The fourth-order valence-corrected chi connectivity index (χ4v) is 7.33. The van der Waals surface area contributed by atoms with Crippen LogP contribution in [0.4, 0.5) is 10.1 Å². The van der Waals surface area contributed by atoms with Crippen LogP contribution in [-0.2, 0) is 14.8 Å². The first kappa shape index (κ1) is 25.9. The van der Waals surface area contributed by atoms with Crippen LogP contribution in [0, 0.1) is 19.7 Å². The summed E-state index contributed by atoms with van der Waals surface area (Å²) in [6.07, 6.45) is 1.40. The number of nitrogens with one attached hydrogen (secondary N) is 1. The average molecular weight is 551 g/mol. The summed E-state index contributed by atoms with van der Waals surface area (Å²) in [5.74, 6) is -2.17. The molecule has 2 aromatic carbocycles. The van der Waals surface area contributed by atoms with Gasteiger partial charge in [-0.15, -0.1) is 5.10 Å². The third-order valence-corrected chi connectivity index (χ3v) is 9.52. The van der Waals surface area contributed by atoms with Crippen LogP contribution in [0.25, 0.3) is 0 Å². The van der Waals surface area contributed by atoms with Crippen LogP contribution in [0.3, 0.4) is 0 Å². The monoisotopic (exact) mass is 550 g/mol. The van der Waals surface area contributed by atoms with Crippen molar-refractivity contribution in [2.45, 2.75) is 56.5 Å². The van der Waals surface area contributed by atoms with E-state index in [2.05, 4.69) is 10.2 Å². The van der Waals surface area contributed by atoms with Crippen molar-refractivity contribution < 1.29 is 22.0 Å². The van der Waals surface area contributed by atoms with E-state index >= 15 is 4.39 Å². The molecule has 0 aliphatic carbocycles. The number of sulfonamides is 1. The van der Waals surface area contributed by atoms with Crippen molar-refractivity contribution in [3.8, 4) is 0 Å². The second kappa shape index (κ2) is 9.86. The first-order valence-corrected chi connectivity index (χ1v) is 13.9. The zero-order chi connectivity index (χ0) is 26.5. The molecular weight excluding hydrogens is 523 g/mol. The lowest BCUT2D eigenvalue weighted by Gasteiger charge is -2.45. The number of rotatable bonds is 5. The highest BCUT2D eigenvalue weighted by atomic mass is 35.5. The number of halogens is 2. The van der Waals surface area contributed by atoms with E-state index in [0.29, 0.717) is 47.9 Å².